The van der Waals surface area contributed by atoms with Crippen molar-refractivity contribution < 1.29 is 4.79 Å². The van der Waals surface area contributed by atoms with Gasteiger partial charge >= 0.3 is 0 Å². The van der Waals surface area contributed by atoms with Gasteiger partial charge in [0.05, 0.1) is 0 Å². The predicted molar refractivity (Wildman–Crippen MR) is 56.9 cm³/mol. The lowest BCUT2D eigenvalue weighted by molar-refractivity contribution is -0.134. The molecular formula is C12H21NO. The standard InChI is InChI=1S/C12H21NO/c1-8(2)10-6-11-4-5-12(7-10)13(11)9(3)14/h8,10-12H,4-7H2,1-3H3/t10-,11+,12-. The second-order valence-corrected chi connectivity index (χ2v) is 5.29. The Labute approximate surface area is 86.7 Å². The van der Waals surface area contributed by atoms with Gasteiger partial charge in [0.25, 0.3) is 0 Å². The lowest BCUT2D eigenvalue weighted by atomic mass is 9.82. The Morgan fingerprint density at radius 3 is 2.07 bits per heavy atom. The SMILES string of the molecule is CC(=O)N1[C@@H]2CC[C@H]1C[C@@H](C(C)C)C2. The summed E-state index contributed by atoms with van der Waals surface area (Å²) in [6, 6.07) is 1.14. The molecule has 0 N–H and O–H groups in total. The van der Waals surface area contributed by atoms with Crippen molar-refractivity contribution in [3.63, 3.8) is 0 Å². The molecule has 0 aromatic heterocycles. The van der Waals surface area contributed by atoms with Crippen molar-refractivity contribution in [3.8, 4) is 0 Å². The van der Waals surface area contributed by atoms with Crippen molar-refractivity contribution in [2.24, 2.45) is 11.8 Å². The highest BCUT2D eigenvalue weighted by Crippen LogP contribution is 2.41. The highest BCUT2D eigenvalue weighted by molar-refractivity contribution is 5.74. The van der Waals surface area contributed by atoms with Gasteiger partial charge in [-0.3, -0.25) is 4.79 Å². The molecule has 1 amide bonds. The first-order valence-corrected chi connectivity index (χ1v) is 5.88. The Morgan fingerprint density at radius 2 is 1.71 bits per heavy atom. The topological polar surface area (TPSA) is 20.3 Å². The summed E-state index contributed by atoms with van der Waals surface area (Å²) >= 11 is 0. The Balaban J connectivity index is 2.08. The molecule has 2 saturated heterocycles. The number of rotatable bonds is 1. The fourth-order valence-electron chi connectivity index (χ4n) is 3.28. The third-order valence-electron chi connectivity index (χ3n) is 4.08. The van der Waals surface area contributed by atoms with Crippen molar-refractivity contribution >= 4 is 5.91 Å². The average Bonchev–Trinajstić information content (AvgIpc) is 2.37. The molecule has 2 aliphatic heterocycles. The summed E-state index contributed by atoms with van der Waals surface area (Å²) in [4.78, 5) is 13.6. The first kappa shape index (κ1) is 10.0. The van der Waals surface area contributed by atoms with Crippen LogP contribution in [0.4, 0.5) is 0 Å². The van der Waals surface area contributed by atoms with Crippen LogP contribution in [0.3, 0.4) is 0 Å². The minimum absolute atomic E-state index is 0.291. The van der Waals surface area contributed by atoms with Gasteiger partial charge in [0.2, 0.25) is 5.91 Å². The van der Waals surface area contributed by atoms with Crippen LogP contribution in [0.1, 0.15) is 46.5 Å². The van der Waals surface area contributed by atoms with Crippen LogP contribution >= 0.6 is 0 Å². The number of fused-ring (bicyclic) bond motifs is 2. The summed E-state index contributed by atoms with van der Waals surface area (Å²) < 4.78 is 0. The highest BCUT2D eigenvalue weighted by atomic mass is 16.2. The van der Waals surface area contributed by atoms with Gasteiger partial charge in [-0.1, -0.05) is 13.8 Å². The van der Waals surface area contributed by atoms with Crippen LogP contribution in [-0.4, -0.2) is 22.9 Å². The second-order valence-electron chi connectivity index (χ2n) is 5.29. The molecule has 80 valence electrons. The number of amides is 1. The maximum Gasteiger partial charge on any atom is 0.219 e. The normalized spacial score (nSPS) is 36.6. The van der Waals surface area contributed by atoms with Gasteiger partial charge in [0, 0.05) is 19.0 Å². The molecule has 2 heteroatoms. The van der Waals surface area contributed by atoms with Gasteiger partial charge in [0.15, 0.2) is 0 Å². The third-order valence-corrected chi connectivity index (χ3v) is 4.08. The molecule has 2 fully saturated rings. The van der Waals surface area contributed by atoms with Crippen LogP contribution in [-0.2, 0) is 4.79 Å². The van der Waals surface area contributed by atoms with Crippen molar-refractivity contribution in [1.82, 2.24) is 4.90 Å². The number of carbonyl (C=O) groups is 1. The zero-order chi connectivity index (χ0) is 10.3. The molecule has 0 spiro atoms. The number of carbonyl (C=O) groups excluding carboxylic acids is 1. The molecule has 3 atom stereocenters. The third kappa shape index (κ3) is 1.55. The van der Waals surface area contributed by atoms with Crippen LogP contribution in [0.25, 0.3) is 0 Å². The van der Waals surface area contributed by atoms with E-state index < -0.39 is 0 Å². The molecule has 0 aliphatic carbocycles. The average molecular weight is 195 g/mol. The molecule has 2 aliphatic rings. The van der Waals surface area contributed by atoms with Gasteiger partial charge in [-0.15, -0.1) is 0 Å². The van der Waals surface area contributed by atoms with Gasteiger partial charge in [-0.25, -0.2) is 0 Å². The van der Waals surface area contributed by atoms with E-state index in [4.69, 9.17) is 0 Å². The molecule has 0 radical (unpaired) electrons. The van der Waals surface area contributed by atoms with E-state index in [9.17, 15) is 4.79 Å². The van der Waals surface area contributed by atoms with E-state index in [1.807, 2.05) is 0 Å². The Morgan fingerprint density at radius 1 is 1.21 bits per heavy atom. The summed E-state index contributed by atoms with van der Waals surface area (Å²) in [7, 11) is 0. The fraction of sp³-hybridized carbons (Fsp3) is 0.917. The van der Waals surface area contributed by atoms with Crippen LogP contribution in [0.5, 0.6) is 0 Å². The zero-order valence-electron chi connectivity index (χ0n) is 9.49. The summed E-state index contributed by atoms with van der Waals surface area (Å²) in [6.45, 7) is 6.35. The molecule has 2 bridgehead atoms. The smallest absolute Gasteiger partial charge is 0.219 e. The largest absolute Gasteiger partial charge is 0.337 e. The van der Waals surface area contributed by atoms with Crippen LogP contribution in [0, 0.1) is 11.8 Å². The lowest BCUT2D eigenvalue weighted by Crippen LogP contribution is -2.46. The zero-order valence-corrected chi connectivity index (χ0v) is 9.49. The molecule has 2 heterocycles. The fourth-order valence-corrected chi connectivity index (χ4v) is 3.28. The molecule has 14 heavy (non-hydrogen) atoms. The van der Waals surface area contributed by atoms with E-state index in [2.05, 4.69) is 18.7 Å². The van der Waals surface area contributed by atoms with Crippen molar-refractivity contribution in [2.75, 3.05) is 0 Å². The summed E-state index contributed by atoms with van der Waals surface area (Å²) in [5, 5.41) is 0. The number of nitrogens with zero attached hydrogens (tertiary/aromatic N) is 1. The van der Waals surface area contributed by atoms with Crippen LogP contribution < -0.4 is 0 Å². The van der Waals surface area contributed by atoms with E-state index in [1.165, 1.54) is 25.7 Å². The lowest BCUT2D eigenvalue weighted by Gasteiger charge is -2.40. The maximum absolute atomic E-state index is 11.5. The molecule has 2 nitrogen and oxygen atoms in total. The molecule has 0 aromatic carbocycles. The van der Waals surface area contributed by atoms with E-state index >= 15 is 0 Å². The van der Waals surface area contributed by atoms with Crippen LogP contribution in [0.15, 0.2) is 0 Å². The van der Waals surface area contributed by atoms with Gasteiger partial charge in [-0.05, 0) is 37.5 Å². The predicted octanol–water partition coefficient (Wildman–Crippen LogP) is 2.43. The van der Waals surface area contributed by atoms with Crippen molar-refractivity contribution in [2.45, 2.75) is 58.5 Å². The van der Waals surface area contributed by atoms with Gasteiger partial charge in [0.1, 0.15) is 0 Å². The minimum atomic E-state index is 0.291. The maximum atomic E-state index is 11.5. The summed E-state index contributed by atoms with van der Waals surface area (Å²) in [5.41, 5.74) is 0. The highest BCUT2D eigenvalue weighted by Gasteiger charge is 2.42. The summed E-state index contributed by atoms with van der Waals surface area (Å²) in [5.74, 6) is 1.93. The second kappa shape index (κ2) is 3.56. The Kier molecular flexibility index (Phi) is 2.54. The number of hydrogen-bond acceptors (Lipinski definition) is 1. The molecule has 0 saturated carbocycles. The van der Waals surface area contributed by atoms with Gasteiger partial charge in [-0.2, -0.15) is 0 Å². The molecule has 2 rings (SSSR count). The Hall–Kier alpha value is -0.530. The van der Waals surface area contributed by atoms with Gasteiger partial charge < -0.3 is 4.90 Å². The minimum Gasteiger partial charge on any atom is -0.337 e. The monoisotopic (exact) mass is 195 g/mol. The number of hydrogen-bond donors (Lipinski definition) is 0. The number of piperidine rings is 1. The first-order chi connectivity index (χ1) is 6.59. The van der Waals surface area contributed by atoms with E-state index in [-0.39, 0.29) is 0 Å². The van der Waals surface area contributed by atoms with Crippen molar-refractivity contribution in [3.05, 3.63) is 0 Å². The summed E-state index contributed by atoms with van der Waals surface area (Å²) in [6.07, 6.45) is 4.97. The Bertz CT molecular complexity index is 222. The first-order valence-electron chi connectivity index (χ1n) is 5.88. The van der Waals surface area contributed by atoms with Crippen molar-refractivity contribution in [1.29, 1.82) is 0 Å². The van der Waals surface area contributed by atoms with Crippen LogP contribution in [0.2, 0.25) is 0 Å². The molecular weight excluding hydrogens is 174 g/mol. The molecule has 0 unspecified atom stereocenters. The molecule has 0 aromatic rings. The van der Waals surface area contributed by atoms with E-state index in [1.54, 1.807) is 6.92 Å². The van der Waals surface area contributed by atoms with E-state index in [0.717, 1.165) is 11.8 Å². The van der Waals surface area contributed by atoms with E-state index in [0.29, 0.717) is 18.0 Å². The quantitative estimate of drug-likeness (QED) is 0.629.